The third-order valence-electron chi connectivity index (χ3n) is 3.46. The van der Waals surface area contributed by atoms with Gasteiger partial charge in [0.05, 0.1) is 17.7 Å². The van der Waals surface area contributed by atoms with E-state index in [1.165, 1.54) is 19.1 Å². The summed E-state index contributed by atoms with van der Waals surface area (Å²) in [5, 5.41) is 10.2. The third kappa shape index (κ3) is 2.63. The number of carbonyl (C=O) groups is 3. The Hall–Kier alpha value is -1.96. The van der Waals surface area contributed by atoms with Crippen LogP contribution in [0.1, 0.15) is 27.6 Å². The molecule has 8 heteroatoms. The van der Waals surface area contributed by atoms with E-state index in [9.17, 15) is 19.5 Å². The second-order valence-corrected chi connectivity index (χ2v) is 4.82. The smallest absolute Gasteiger partial charge is 0.261 e. The number of benzene rings is 1. The zero-order valence-electron chi connectivity index (χ0n) is 11.3. The highest BCUT2D eigenvalue weighted by Crippen LogP contribution is 2.24. The number of rotatable bonds is 4. The minimum atomic E-state index is -2.16. The molecule has 0 bridgehead atoms. The average Bonchev–Trinajstić information content (AvgIpc) is 2.64. The Morgan fingerprint density at radius 2 is 1.71 bits per heavy atom. The van der Waals surface area contributed by atoms with E-state index >= 15 is 0 Å². The zero-order chi connectivity index (χ0) is 15.1. The molecule has 0 fully saturated rings. The van der Waals surface area contributed by atoms with Crippen molar-refractivity contribution in [2.45, 2.75) is 18.6 Å². The summed E-state index contributed by atoms with van der Waals surface area (Å²) in [5.41, 5.74) is 8.98. The van der Waals surface area contributed by atoms with Crippen molar-refractivity contribution in [3.05, 3.63) is 35.4 Å². The van der Waals surface area contributed by atoms with Gasteiger partial charge in [-0.1, -0.05) is 12.1 Å². The summed E-state index contributed by atoms with van der Waals surface area (Å²) in [7, 11) is 0. The van der Waals surface area contributed by atoms with Crippen LogP contribution in [0.4, 0.5) is 0 Å². The van der Waals surface area contributed by atoms with Gasteiger partial charge in [-0.15, -0.1) is 12.4 Å². The molecule has 114 valence electrons. The number of nitrogens with two attached hydrogens (primary N) is 2. The molecule has 1 aliphatic rings. The lowest BCUT2D eigenvalue weighted by Gasteiger charge is -2.31. The largest absolute Gasteiger partial charge is 0.377 e. The van der Waals surface area contributed by atoms with Crippen molar-refractivity contribution < 1.29 is 19.5 Å². The first-order valence-corrected chi connectivity index (χ1v) is 6.02. The van der Waals surface area contributed by atoms with Crippen molar-refractivity contribution in [3.63, 3.8) is 0 Å². The number of β-amino-alcohol motifs (C(OH)–C–C–N with tert-alkyl or cyclic N) is 1. The molecular weight excluding hydrogens is 298 g/mol. The Balaban J connectivity index is 0.00000220. The van der Waals surface area contributed by atoms with Crippen LogP contribution in [0, 0.1) is 0 Å². The summed E-state index contributed by atoms with van der Waals surface area (Å²) >= 11 is 0. The van der Waals surface area contributed by atoms with E-state index in [1.807, 2.05) is 0 Å². The summed E-state index contributed by atoms with van der Waals surface area (Å²) in [4.78, 5) is 36.4. The molecule has 5 N–H and O–H groups in total. The van der Waals surface area contributed by atoms with Crippen LogP contribution in [0.3, 0.4) is 0 Å². The van der Waals surface area contributed by atoms with E-state index in [1.54, 1.807) is 12.1 Å². The number of amides is 3. The number of aliphatic hydroxyl groups is 1. The first-order valence-electron chi connectivity index (χ1n) is 6.02. The molecule has 7 nitrogen and oxygen atoms in total. The summed E-state index contributed by atoms with van der Waals surface area (Å²) in [6.07, 6.45) is 0. The fourth-order valence-corrected chi connectivity index (χ4v) is 2.07. The van der Waals surface area contributed by atoms with E-state index in [2.05, 4.69) is 0 Å². The molecule has 0 saturated heterocycles. The van der Waals surface area contributed by atoms with Crippen LogP contribution in [-0.4, -0.2) is 45.9 Å². The van der Waals surface area contributed by atoms with Crippen LogP contribution >= 0.6 is 12.4 Å². The fourth-order valence-electron chi connectivity index (χ4n) is 2.07. The average molecular weight is 314 g/mol. The quantitative estimate of drug-likeness (QED) is 0.631. The Labute approximate surface area is 127 Å². The summed E-state index contributed by atoms with van der Waals surface area (Å²) < 4.78 is 0. The van der Waals surface area contributed by atoms with Gasteiger partial charge in [-0.25, -0.2) is 0 Å². The van der Waals surface area contributed by atoms with Gasteiger partial charge in [0.1, 0.15) is 0 Å². The maximum atomic E-state index is 12.1. The lowest BCUT2D eigenvalue weighted by molar-refractivity contribution is -0.138. The van der Waals surface area contributed by atoms with Crippen molar-refractivity contribution in [2.75, 3.05) is 6.54 Å². The first-order chi connectivity index (χ1) is 9.29. The van der Waals surface area contributed by atoms with Crippen LogP contribution in [0.5, 0.6) is 0 Å². The van der Waals surface area contributed by atoms with Crippen LogP contribution in [0.25, 0.3) is 0 Å². The molecule has 0 saturated carbocycles. The number of fused-ring (bicyclic) bond motifs is 1. The Bertz CT molecular complexity index is 570. The molecule has 2 rings (SSSR count). The summed E-state index contributed by atoms with van der Waals surface area (Å²) in [6.45, 7) is 0.815. The number of nitrogens with zero attached hydrogens (tertiary/aromatic N) is 1. The van der Waals surface area contributed by atoms with Gasteiger partial charge >= 0.3 is 0 Å². The van der Waals surface area contributed by atoms with E-state index < -0.39 is 35.9 Å². The fraction of sp³-hybridized carbons (Fsp3) is 0.308. The summed E-state index contributed by atoms with van der Waals surface area (Å²) in [5.74, 6) is -2.24. The molecule has 1 aromatic carbocycles. The van der Waals surface area contributed by atoms with Crippen molar-refractivity contribution in [3.8, 4) is 0 Å². The van der Waals surface area contributed by atoms with Crippen molar-refractivity contribution in [1.29, 1.82) is 0 Å². The number of hydrogen-bond donors (Lipinski definition) is 3. The van der Waals surface area contributed by atoms with Crippen LogP contribution in [0.2, 0.25) is 0 Å². The minimum Gasteiger partial charge on any atom is -0.377 e. The number of imide groups is 1. The molecular formula is C13H16ClN3O4. The number of halogens is 1. The molecule has 1 heterocycles. The topological polar surface area (TPSA) is 127 Å². The molecule has 2 atom stereocenters. The van der Waals surface area contributed by atoms with Gasteiger partial charge in [0, 0.05) is 6.04 Å². The van der Waals surface area contributed by atoms with Gasteiger partial charge < -0.3 is 16.6 Å². The monoisotopic (exact) mass is 313 g/mol. The van der Waals surface area contributed by atoms with E-state index in [-0.39, 0.29) is 23.5 Å². The van der Waals surface area contributed by atoms with Crippen molar-refractivity contribution in [1.82, 2.24) is 4.90 Å². The molecule has 0 spiro atoms. The second kappa shape index (κ2) is 5.80. The van der Waals surface area contributed by atoms with Gasteiger partial charge in [0.25, 0.3) is 17.7 Å². The highest BCUT2D eigenvalue weighted by atomic mass is 35.5. The highest BCUT2D eigenvalue weighted by Gasteiger charge is 2.46. The molecule has 1 aliphatic heterocycles. The maximum Gasteiger partial charge on any atom is 0.261 e. The molecule has 0 aromatic heterocycles. The van der Waals surface area contributed by atoms with Crippen molar-refractivity contribution >= 4 is 30.1 Å². The molecule has 2 unspecified atom stereocenters. The number of primary amides is 1. The Morgan fingerprint density at radius 3 is 2.05 bits per heavy atom. The molecule has 0 radical (unpaired) electrons. The zero-order valence-corrected chi connectivity index (χ0v) is 12.1. The second-order valence-electron chi connectivity index (χ2n) is 4.82. The van der Waals surface area contributed by atoms with Gasteiger partial charge in [-0.3, -0.25) is 19.3 Å². The lowest BCUT2D eigenvalue weighted by Crippen LogP contribution is -2.62. The van der Waals surface area contributed by atoms with E-state index in [0.717, 1.165) is 4.90 Å². The predicted molar refractivity (Wildman–Crippen MR) is 76.9 cm³/mol. The van der Waals surface area contributed by atoms with Crippen LogP contribution < -0.4 is 11.5 Å². The van der Waals surface area contributed by atoms with E-state index in [4.69, 9.17) is 11.5 Å². The first kappa shape index (κ1) is 17.1. The van der Waals surface area contributed by atoms with Gasteiger partial charge in [0.15, 0.2) is 5.60 Å². The van der Waals surface area contributed by atoms with Gasteiger partial charge in [0.2, 0.25) is 0 Å². The summed E-state index contributed by atoms with van der Waals surface area (Å²) in [6, 6.07) is 5.23. The van der Waals surface area contributed by atoms with Gasteiger partial charge in [-0.05, 0) is 19.1 Å². The molecule has 0 aliphatic carbocycles. The molecule has 21 heavy (non-hydrogen) atoms. The SMILES string of the molecule is CC(N)C(O)(CN1C(=O)c2ccccc2C1=O)C(N)=O.Cl. The standard InChI is InChI=1S/C13H15N3O4.ClH/c1-7(14)13(20,12(15)19)6-16-10(17)8-4-2-3-5-9(8)11(16)18;/h2-5,7,20H,6,14H2,1H3,(H2,15,19);1H. The normalized spacial score (nSPS) is 17.8. The minimum absolute atomic E-state index is 0. The lowest BCUT2D eigenvalue weighted by atomic mass is 9.94. The highest BCUT2D eigenvalue weighted by molar-refractivity contribution is 6.21. The van der Waals surface area contributed by atoms with Crippen LogP contribution in [0.15, 0.2) is 24.3 Å². The molecule has 3 amide bonds. The predicted octanol–water partition coefficient (Wildman–Crippen LogP) is -0.732. The van der Waals surface area contributed by atoms with E-state index in [0.29, 0.717) is 0 Å². The number of hydrogen-bond acceptors (Lipinski definition) is 5. The third-order valence-corrected chi connectivity index (χ3v) is 3.46. The van der Waals surface area contributed by atoms with Crippen molar-refractivity contribution in [2.24, 2.45) is 11.5 Å². The Morgan fingerprint density at radius 1 is 1.29 bits per heavy atom. The van der Waals surface area contributed by atoms with Crippen LogP contribution in [-0.2, 0) is 4.79 Å². The number of carbonyl (C=O) groups excluding carboxylic acids is 3. The Kier molecular flexibility index (Phi) is 4.72. The maximum absolute atomic E-state index is 12.1. The molecule has 1 aromatic rings. The van der Waals surface area contributed by atoms with Gasteiger partial charge in [-0.2, -0.15) is 0 Å².